The number of rotatable bonds is 15. The van der Waals surface area contributed by atoms with Crippen LogP contribution in [0.4, 0.5) is 5.69 Å². The molecule has 2 aromatic rings. The molecule has 1 aromatic heterocycles. The highest BCUT2D eigenvalue weighted by Gasteiger charge is 2.34. The van der Waals surface area contributed by atoms with Crippen LogP contribution in [0.3, 0.4) is 0 Å². The van der Waals surface area contributed by atoms with Crippen molar-refractivity contribution >= 4 is 11.6 Å². The van der Waals surface area contributed by atoms with Crippen molar-refractivity contribution in [2.75, 3.05) is 18.4 Å². The maximum atomic E-state index is 13.5. The van der Waals surface area contributed by atoms with Crippen LogP contribution in [0, 0.1) is 20.8 Å². The Kier molecular flexibility index (Phi) is 11.2. The first-order chi connectivity index (χ1) is 17.0. The molecule has 1 aliphatic rings. The predicted octanol–water partition coefficient (Wildman–Crippen LogP) is 6.29. The van der Waals surface area contributed by atoms with Gasteiger partial charge in [0.15, 0.2) is 6.04 Å². The van der Waals surface area contributed by atoms with Gasteiger partial charge in [-0.05, 0) is 69.5 Å². The first-order valence-electron chi connectivity index (χ1n) is 13.9. The number of anilines is 1. The molecular weight excluding hydrogens is 436 g/mol. The first kappa shape index (κ1) is 27.3. The van der Waals surface area contributed by atoms with E-state index in [4.69, 9.17) is 0 Å². The van der Waals surface area contributed by atoms with Gasteiger partial charge in [0.1, 0.15) is 0 Å². The number of carbonyl (C=O) groups excluding carboxylic acids is 1. The fourth-order valence-electron chi connectivity index (χ4n) is 5.22. The van der Waals surface area contributed by atoms with E-state index in [2.05, 4.69) is 51.6 Å². The lowest BCUT2D eigenvalue weighted by molar-refractivity contribution is -0.121. The number of unbranched alkanes of at least 4 members (excludes halogenated alkanes) is 9. The minimum atomic E-state index is -0.501. The van der Waals surface area contributed by atoms with Crippen molar-refractivity contribution < 1.29 is 4.79 Å². The SMILES string of the molecule is CCCCCCCCCCCCn1nnc(C(C(=O)Nc2c(C)cc(C)cc2C)N2CCCC2)n1. The first-order valence-corrected chi connectivity index (χ1v) is 13.9. The van der Waals surface area contributed by atoms with Crippen molar-refractivity contribution in [3.63, 3.8) is 0 Å². The van der Waals surface area contributed by atoms with Crippen LogP contribution in [-0.2, 0) is 11.3 Å². The number of nitrogens with one attached hydrogen (secondary N) is 1. The third-order valence-corrected chi connectivity index (χ3v) is 7.10. The van der Waals surface area contributed by atoms with E-state index in [1.54, 1.807) is 4.80 Å². The summed E-state index contributed by atoms with van der Waals surface area (Å²) in [7, 11) is 0. The predicted molar refractivity (Wildman–Crippen MR) is 142 cm³/mol. The molecule has 194 valence electrons. The molecule has 1 atom stereocenters. The number of hydrogen-bond acceptors (Lipinski definition) is 5. The van der Waals surface area contributed by atoms with Crippen LogP contribution in [0.25, 0.3) is 0 Å². The third-order valence-electron chi connectivity index (χ3n) is 7.10. The van der Waals surface area contributed by atoms with Gasteiger partial charge in [-0.25, -0.2) is 0 Å². The van der Waals surface area contributed by atoms with Crippen molar-refractivity contribution in [3.05, 3.63) is 34.6 Å². The Bertz CT molecular complexity index is 895. The Morgan fingerprint density at radius 1 is 0.914 bits per heavy atom. The van der Waals surface area contributed by atoms with Gasteiger partial charge in [0.05, 0.1) is 6.54 Å². The molecule has 0 radical (unpaired) electrons. The molecule has 1 saturated heterocycles. The molecule has 0 saturated carbocycles. The summed E-state index contributed by atoms with van der Waals surface area (Å²) in [6.45, 7) is 11.0. The van der Waals surface area contributed by atoms with Gasteiger partial charge in [0.2, 0.25) is 11.7 Å². The highest BCUT2D eigenvalue weighted by molar-refractivity contribution is 5.96. The minimum absolute atomic E-state index is 0.0690. The number of likely N-dealkylation sites (tertiary alicyclic amines) is 1. The molecule has 1 aromatic carbocycles. The molecule has 7 nitrogen and oxygen atoms in total. The zero-order chi connectivity index (χ0) is 25.0. The number of benzene rings is 1. The maximum Gasteiger partial charge on any atom is 0.249 e. The molecule has 3 rings (SSSR count). The quantitative estimate of drug-likeness (QED) is 0.302. The summed E-state index contributed by atoms with van der Waals surface area (Å²) in [5.41, 5.74) is 4.25. The largest absolute Gasteiger partial charge is 0.324 e. The van der Waals surface area contributed by atoms with Crippen LogP contribution < -0.4 is 5.32 Å². The lowest BCUT2D eigenvalue weighted by atomic mass is 10.0. The van der Waals surface area contributed by atoms with Crippen molar-refractivity contribution in [3.8, 4) is 0 Å². The average molecular weight is 483 g/mol. The molecule has 0 aliphatic carbocycles. The average Bonchev–Trinajstić information content (AvgIpc) is 3.51. The summed E-state index contributed by atoms with van der Waals surface area (Å²) >= 11 is 0. The summed E-state index contributed by atoms with van der Waals surface area (Å²) < 4.78 is 0. The number of amides is 1. The molecule has 2 heterocycles. The topological polar surface area (TPSA) is 75.9 Å². The number of aryl methyl sites for hydroxylation is 4. The Morgan fingerprint density at radius 2 is 1.49 bits per heavy atom. The zero-order valence-corrected chi connectivity index (χ0v) is 22.5. The van der Waals surface area contributed by atoms with E-state index in [1.807, 2.05) is 13.8 Å². The number of aromatic nitrogens is 4. The van der Waals surface area contributed by atoms with Gasteiger partial charge in [0.25, 0.3) is 0 Å². The van der Waals surface area contributed by atoms with E-state index in [0.717, 1.165) is 55.7 Å². The molecule has 1 amide bonds. The molecular formula is C28H46N6O. The Labute approximate surface area is 212 Å². The summed E-state index contributed by atoms with van der Waals surface area (Å²) in [5, 5.41) is 16.4. The lowest BCUT2D eigenvalue weighted by Crippen LogP contribution is -2.36. The van der Waals surface area contributed by atoms with Gasteiger partial charge < -0.3 is 5.32 Å². The van der Waals surface area contributed by atoms with E-state index in [-0.39, 0.29) is 5.91 Å². The highest BCUT2D eigenvalue weighted by Crippen LogP contribution is 2.27. The van der Waals surface area contributed by atoms with Crippen LogP contribution >= 0.6 is 0 Å². The second-order valence-corrected chi connectivity index (χ2v) is 10.3. The van der Waals surface area contributed by atoms with Crippen molar-refractivity contribution in [2.24, 2.45) is 0 Å². The van der Waals surface area contributed by atoms with Gasteiger partial charge in [0, 0.05) is 5.69 Å². The summed E-state index contributed by atoms with van der Waals surface area (Å²) in [5.74, 6) is 0.444. The summed E-state index contributed by atoms with van der Waals surface area (Å²) in [6, 6.07) is 3.71. The van der Waals surface area contributed by atoms with Crippen LogP contribution in [0.2, 0.25) is 0 Å². The van der Waals surface area contributed by atoms with E-state index in [9.17, 15) is 4.79 Å². The van der Waals surface area contributed by atoms with Crippen molar-refractivity contribution in [1.82, 2.24) is 25.1 Å². The second-order valence-electron chi connectivity index (χ2n) is 10.3. The van der Waals surface area contributed by atoms with Crippen molar-refractivity contribution in [2.45, 2.75) is 117 Å². The van der Waals surface area contributed by atoms with Gasteiger partial charge in [-0.1, -0.05) is 82.4 Å². The molecule has 1 unspecified atom stereocenters. The van der Waals surface area contributed by atoms with E-state index < -0.39 is 6.04 Å². The van der Waals surface area contributed by atoms with E-state index >= 15 is 0 Å². The normalized spacial score (nSPS) is 15.0. The number of carbonyl (C=O) groups is 1. The minimum Gasteiger partial charge on any atom is -0.324 e. The zero-order valence-electron chi connectivity index (χ0n) is 22.5. The number of hydrogen-bond donors (Lipinski definition) is 1. The highest BCUT2D eigenvalue weighted by atomic mass is 16.2. The lowest BCUT2D eigenvalue weighted by Gasteiger charge is -2.24. The molecule has 1 aliphatic heterocycles. The van der Waals surface area contributed by atoms with Gasteiger partial charge in [-0.2, -0.15) is 4.80 Å². The fraction of sp³-hybridized carbons (Fsp3) is 0.714. The summed E-state index contributed by atoms with van der Waals surface area (Å²) in [6.07, 6.45) is 15.2. The molecule has 1 N–H and O–H groups in total. The molecule has 7 heteroatoms. The van der Waals surface area contributed by atoms with Crippen LogP contribution in [0.1, 0.15) is 113 Å². The smallest absolute Gasteiger partial charge is 0.249 e. The van der Waals surface area contributed by atoms with Crippen LogP contribution in [0.5, 0.6) is 0 Å². The second kappa shape index (κ2) is 14.3. The van der Waals surface area contributed by atoms with Gasteiger partial charge in [-0.15, -0.1) is 10.2 Å². The molecule has 1 fully saturated rings. The van der Waals surface area contributed by atoms with E-state index in [1.165, 1.54) is 63.4 Å². The van der Waals surface area contributed by atoms with Gasteiger partial charge >= 0.3 is 0 Å². The fourth-order valence-corrected chi connectivity index (χ4v) is 5.22. The van der Waals surface area contributed by atoms with E-state index in [0.29, 0.717) is 5.82 Å². The standard InChI is InChI=1S/C28H46N6O/c1-5-6-7-8-9-10-11-12-13-14-19-34-31-27(30-32-34)26(33-17-15-16-18-33)28(35)29-25-23(3)20-22(2)21-24(25)4/h20-21,26H,5-19H2,1-4H3,(H,29,35). The Balaban J connectivity index is 1.52. The van der Waals surface area contributed by atoms with Crippen LogP contribution in [0.15, 0.2) is 12.1 Å². The third kappa shape index (κ3) is 8.41. The van der Waals surface area contributed by atoms with Gasteiger partial charge in [-0.3, -0.25) is 9.69 Å². The monoisotopic (exact) mass is 482 g/mol. The van der Waals surface area contributed by atoms with Crippen LogP contribution in [-0.4, -0.2) is 44.1 Å². The Morgan fingerprint density at radius 3 is 2.09 bits per heavy atom. The number of nitrogens with zero attached hydrogens (tertiary/aromatic N) is 5. The molecule has 0 bridgehead atoms. The summed E-state index contributed by atoms with van der Waals surface area (Å²) in [4.78, 5) is 17.3. The maximum absolute atomic E-state index is 13.5. The Hall–Kier alpha value is -2.28. The molecule has 0 spiro atoms. The van der Waals surface area contributed by atoms with Crippen molar-refractivity contribution in [1.29, 1.82) is 0 Å². The number of tetrazole rings is 1. The molecule has 35 heavy (non-hydrogen) atoms.